The summed E-state index contributed by atoms with van der Waals surface area (Å²) in [7, 11) is 0. The first-order chi connectivity index (χ1) is 10.0. The van der Waals surface area contributed by atoms with Crippen LogP contribution in [0.15, 0.2) is 24.3 Å². The van der Waals surface area contributed by atoms with Crippen LogP contribution in [0.1, 0.15) is 20.1 Å². The Morgan fingerprint density at radius 3 is 2.86 bits per heavy atom. The summed E-state index contributed by atoms with van der Waals surface area (Å²) in [4.78, 5) is 25.7. The van der Waals surface area contributed by atoms with Gasteiger partial charge in [-0.15, -0.1) is 11.3 Å². The van der Waals surface area contributed by atoms with Crippen LogP contribution in [0, 0.1) is 13.8 Å². The molecule has 0 atom stereocenters. The predicted molar refractivity (Wildman–Crippen MR) is 82.3 cm³/mol. The van der Waals surface area contributed by atoms with Gasteiger partial charge in [0.1, 0.15) is 5.75 Å². The van der Waals surface area contributed by atoms with E-state index in [-0.39, 0.29) is 18.4 Å². The Balaban J connectivity index is 1.82. The van der Waals surface area contributed by atoms with Crippen LogP contribution in [0.4, 0.5) is 11.4 Å². The molecule has 0 unspecified atom stereocenters. The van der Waals surface area contributed by atoms with Gasteiger partial charge in [-0.05, 0) is 38.1 Å². The maximum absolute atomic E-state index is 12.3. The van der Waals surface area contributed by atoms with Crippen molar-refractivity contribution in [1.29, 1.82) is 0 Å². The number of carbonyl (C=O) groups excluding carboxylic acids is 2. The van der Waals surface area contributed by atoms with E-state index in [0.29, 0.717) is 22.7 Å². The highest BCUT2D eigenvalue weighted by Gasteiger charge is 2.17. The Bertz CT molecular complexity index is 737. The van der Waals surface area contributed by atoms with Gasteiger partial charge in [0.15, 0.2) is 6.61 Å². The van der Waals surface area contributed by atoms with Crippen molar-refractivity contribution in [2.24, 2.45) is 0 Å². The van der Waals surface area contributed by atoms with Gasteiger partial charge >= 0.3 is 0 Å². The molecule has 0 spiro atoms. The number of rotatable bonds is 2. The smallest absolute Gasteiger partial charge is 0.262 e. The molecule has 108 valence electrons. The second-order valence-electron chi connectivity index (χ2n) is 4.83. The number of amides is 2. The van der Waals surface area contributed by atoms with E-state index in [1.807, 2.05) is 19.9 Å². The van der Waals surface area contributed by atoms with Crippen LogP contribution in [0.2, 0.25) is 0 Å². The van der Waals surface area contributed by atoms with E-state index in [9.17, 15) is 9.59 Å². The van der Waals surface area contributed by atoms with Gasteiger partial charge in [0.2, 0.25) is 0 Å². The highest BCUT2D eigenvalue weighted by atomic mass is 32.1. The zero-order valence-electron chi connectivity index (χ0n) is 11.6. The molecule has 0 radical (unpaired) electrons. The van der Waals surface area contributed by atoms with E-state index < -0.39 is 0 Å². The highest BCUT2D eigenvalue weighted by molar-refractivity contribution is 7.12. The quantitative estimate of drug-likeness (QED) is 0.896. The summed E-state index contributed by atoms with van der Waals surface area (Å²) in [6.07, 6.45) is 0. The molecule has 2 aromatic rings. The van der Waals surface area contributed by atoms with Gasteiger partial charge in [0, 0.05) is 15.4 Å². The molecule has 5 nitrogen and oxygen atoms in total. The molecule has 3 rings (SSSR count). The third-order valence-electron chi connectivity index (χ3n) is 3.16. The first-order valence-corrected chi connectivity index (χ1v) is 7.29. The van der Waals surface area contributed by atoms with Crippen molar-refractivity contribution in [3.63, 3.8) is 0 Å². The van der Waals surface area contributed by atoms with Gasteiger partial charge in [0.05, 0.1) is 11.3 Å². The lowest BCUT2D eigenvalue weighted by Crippen LogP contribution is -2.25. The molecule has 21 heavy (non-hydrogen) atoms. The molecule has 2 heterocycles. The summed E-state index contributed by atoms with van der Waals surface area (Å²) >= 11 is 1.59. The molecule has 1 aliphatic rings. The Hall–Kier alpha value is -2.34. The summed E-state index contributed by atoms with van der Waals surface area (Å²) < 4.78 is 5.28. The summed E-state index contributed by atoms with van der Waals surface area (Å²) in [5.74, 6) is 0.255. The Labute approximate surface area is 125 Å². The summed E-state index contributed by atoms with van der Waals surface area (Å²) in [5, 5.41) is 5.55. The minimum Gasteiger partial charge on any atom is -0.482 e. The minimum atomic E-state index is -0.199. The molecule has 6 heteroatoms. The number of fused-ring (bicyclic) bond motifs is 1. The molecule has 0 aliphatic carbocycles. The number of nitrogens with one attached hydrogen (secondary N) is 2. The van der Waals surface area contributed by atoms with Crippen molar-refractivity contribution >= 4 is 34.5 Å². The van der Waals surface area contributed by atoms with Crippen LogP contribution in [-0.4, -0.2) is 18.4 Å². The van der Waals surface area contributed by atoms with Crippen molar-refractivity contribution in [2.45, 2.75) is 13.8 Å². The topological polar surface area (TPSA) is 67.4 Å². The SMILES string of the molecule is Cc1cc(C(=O)Nc2ccc3c(c2)NC(=O)CO3)c(C)s1. The number of anilines is 2. The molecule has 1 aliphatic heterocycles. The van der Waals surface area contributed by atoms with E-state index in [4.69, 9.17) is 4.74 Å². The molecule has 0 fully saturated rings. The Morgan fingerprint density at radius 1 is 1.33 bits per heavy atom. The molecule has 2 amide bonds. The zero-order chi connectivity index (χ0) is 15.0. The molecule has 0 saturated heterocycles. The maximum atomic E-state index is 12.3. The van der Waals surface area contributed by atoms with Crippen molar-refractivity contribution in [3.05, 3.63) is 39.6 Å². The van der Waals surface area contributed by atoms with E-state index >= 15 is 0 Å². The van der Waals surface area contributed by atoms with Crippen molar-refractivity contribution in [1.82, 2.24) is 0 Å². The van der Waals surface area contributed by atoms with Gasteiger partial charge in [-0.25, -0.2) is 0 Å². The predicted octanol–water partition coefficient (Wildman–Crippen LogP) is 2.95. The van der Waals surface area contributed by atoms with Gasteiger partial charge in [0.25, 0.3) is 11.8 Å². The number of ether oxygens (including phenoxy) is 1. The fraction of sp³-hybridized carbons (Fsp3) is 0.200. The molecular formula is C15H14N2O3S. The van der Waals surface area contributed by atoms with Crippen molar-refractivity contribution in [2.75, 3.05) is 17.2 Å². The fourth-order valence-electron chi connectivity index (χ4n) is 2.22. The molecule has 0 saturated carbocycles. The lowest BCUT2D eigenvalue weighted by Gasteiger charge is -2.18. The summed E-state index contributed by atoms with van der Waals surface area (Å²) in [6, 6.07) is 7.05. The largest absolute Gasteiger partial charge is 0.482 e. The van der Waals surface area contributed by atoms with Crippen molar-refractivity contribution in [3.8, 4) is 5.75 Å². The van der Waals surface area contributed by atoms with Crippen LogP contribution < -0.4 is 15.4 Å². The Kier molecular flexibility index (Phi) is 3.39. The van der Waals surface area contributed by atoms with Crippen LogP contribution in [-0.2, 0) is 4.79 Å². The second-order valence-corrected chi connectivity index (χ2v) is 6.29. The van der Waals surface area contributed by atoms with Crippen molar-refractivity contribution < 1.29 is 14.3 Å². The summed E-state index contributed by atoms with van der Waals surface area (Å²) in [6.45, 7) is 3.92. The number of hydrogen-bond donors (Lipinski definition) is 2. The van der Waals surface area contributed by atoms with Crippen LogP contribution in [0.25, 0.3) is 0 Å². The number of benzene rings is 1. The number of hydrogen-bond acceptors (Lipinski definition) is 4. The van der Waals surface area contributed by atoms with E-state index in [1.165, 1.54) is 0 Å². The van der Waals surface area contributed by atoms with Gasteiger partial charge in [-0.1, -0.05) is 0 Å². The average molecular weight is 302 g/mol. The number of thiophene rings is 1. The second kappa shape index (κ2) is 5.21. The first kappa shape index (κ1) is 13.6. The molecule has 2 N–H and O–H groups in total. The van der Waals surface area contributed by atoms with Gasteiger partial charge in [-0.2, -0.15) is 0 Å². The monoisotopic (exact) mass is 302 g/mol. The molecule has 1 aromatic carbocycles. The standard InChI is InChI=1S/C15H14N2O3S/c1-8-5-11(9(2)21-8)15(19)16-10-3-4-13-12(6-10)17-14(18)7-20-13/h3-6H,7H2,1-2H3,(H,16,19)(H,17,18). The zero-order valence-corrected chi connectivity index (χ0v) is 12.5. The first-order valence-electron chi connectivity index (χ1n) is 6.48. The van der Waals surface area contributed by atoms with E-state index in [2.05, 4.69) is 10.6 Å². The average Bonchev–Trinajstić information content (AvgIpc) is 2.77. The third kappa shape index (κ3) is 2.75. The highest BCUT2D eigenvalue weighted by Crippen LogP contribution is 2.31. The van der Waals surface area contributed by atoms with Gasteiger partial charge < -0.3 is 15.4 Å². The van der Waals surface area contributed by atoms with E-state index in [1.54, 1.807) is 29.5 Å². The molecule has 1 aromatic heterocycles. The lowest BCUT2D eigenvalue weighted by atomic mass is 10.2. The molecular weight excluding hydrogens is 288 g/mol. The van der Waals surface area contributed by atoms with Crippen LogP contribution in [0.3, 0.4) is 0 Å². The normalized spacial score (nSPS) is 13.1. The third-order valence-corrected chi connectivity index (χ3v) is 4.12. The minimum absolute atomic E-state index is 0.0199. The number of carbonyl (C=O) groups is 2. The van der Waals surface area contributed by atoms with E-state index in [0.717, 1.165) is 9.75 Å². The number of aryl methyl sites for hydroxylation is 2. The fourth-order valence-corrected chi connectivity index (χ4v) is 3.14. The lowest BCUT2D eigenvalue weighted by molar-refractivity contribution is -0.118. The van der Waals surface area contributed by atoms with Gasteiger partial charge in [-0.3, -0.25) is 9.59 Å². The maximum Gasteiger partial charge on any atom is 0.262 e. The molecule has 0 bridgehead atoms. The van der Waals surface area contributed by atoms with Crippen LogP contribution >= 0.6 is 11.3 Å². The van der Waals surface area contributed by atoms with Crippen LogP contribution in [0.5, 0.6) is 5.75 Å². The summed E-state index contributed by atoms with van der Waals surface area (Å²) in [5.41, 5.74) is 1.87. The Morgan fingerprint density at radius 2 is 2.14 bits per heavy atom.